The van der Waals surface area contributed by atoms with Crippen LogP contribution in [0.2, 0.25) is 5.02 Å². The maximum Gasteiger partial charge on any atom is 0.190 e. The lowest BCUT2D eigenvalue weighted by Gasteiger charge is -2.10. The number of allylic oxidation sites excluding steroid dienone is 1. The van der Waals surface area contributed by atoms with Gasteiger partial charge in [-0.05, 0) is 31.2 Å². The highest BCUT2D eigenvalue weighted by molar-refractivity contribution is 6.30. The molecule has 1 atom stereocenters. The summed E-state index contributed by atoms with van der Waals surface area (Å²) in [5, 5.41) is 0.488. The fourth-order valence-corrected chi connectivity index (χ4v) is 1.45. The van der Waals surface area contributed by atoms with Crippen LogP contribution in [0.15, 0.2) is 30.4 Å². The monoisotopic (exact) mass is 244 g/mol. The van der Waals surface area contributed by atoms with Gasteiger partial charge in [-0.25, -0.2) is 0 Å². The SMILES string of the molecule is C/C=C/C(Cl)Oc1ccc(Cl)cc1C=O. The van der Waals surface area contributed by atoms with Crippen LogP contribution in [0.4, 0.5) is 0 Å². The van der Waals surface area contributed by atoms with Gasteiger partial charge < -0.3 is 4.74 Å². The van der Waals surface area contributed by atoms with Gasteiger partial charge in [0, 0.05) is 5.02 Å². The number of ether oxygens (including phenoxy) is 1. The Balaban J connectivity index is 2.89. The van der Waals surface area contributed by atoms with Gasteiger partial charge in [0.2, 0.25) is 0 Å². The first-order chi connectivity index (χ1) is 7.17. The second-order valence-electron chi connectivity index (χ2n) is 2.79. The Hall–Kier alpha value is -0.990. The molecule has 0 aromatic heterocycles. The van der Waals surface area contributed by atoms with Crippen molar-refractivity contribution in [2.24, 2.45) is 0 Å². The second kappa shape index (κ2) is 5.79. The molecular weight excluding hydrogens is 235 g/mol. The van der Waals surface area contributed by atoms with Crippen LogP contribution in [-0.4, -0.2) is 11.8 Å². The molecule has 0 spiro atoms. The third-order valence-corrected chi connectivity index (χ3v) is 2.15. The molecule has 0 aliphatic heterocycles. The van der Waals surface area contributed by atoms with E-state index in [0.29, 0.717) is 22.6 Å². The molecule has 1 unspecified atom stereocenters. The summed E-state index contributed by atoms with van der Waals surface area (Å²) in [6.45, 7) is 1.83. The Labute approximate surface area is 98.4 Å². The van der Waals surface area contributed by atoms with Crippen LogP contribution in [0.1, 0.15) is 17.3 Å². The molecule has 0 saturated heterocycles. The first kappa shape index (κ1) is 12.1. The summed E-state index contributed by atoms with van der Waals surface area (Å²) in [5.74, 6) is 0.424. The zero-order chi connectivity index (χ0) is 11.3. The summed E-state index contributed by atoms with van der Waals surface area (Å²) < 4.78 is 5.32. The third-order valence-electron chi connectivity index (χ3n) is 1.68. The molecule has 0 aliphatic rings. The molecule has 0 heterocycles. The molecule has 2 nitrogen and oxygen atoms in total. The molecule has 0 amide bonds. The van der Waals surface area contributed by atoms with Crippen LogP contribution in [0.3, 0.4) is 0 Å². The number of carbonyl (C=O) groups excluding carboxylic acids is 1. The van der Waals surface area contributed by atoms with Gasteiger partial charge in [0.25, 0.3) is 0 Å². The summed E-state index contributed by atoms with van der Waals surface area (Å²) in [4.78, 5) is 10.7. The number of hydrogen-bond donors (Lipinski definition) is 0. The topological polar surface area (TPSA) is 26.3 Å². The lowest BCUT2D eigenvalue weighted by Crippen LogP contribution is -2.06. The van der Waals surface area contributed by atoms with Crippen molar-refractivity contribution in [2.75, 3.05) is 0 Å². The van der Waals surface area contributed by atoms with Crippen molar-refractivity contribution in [2.45, 2.75) is 12.5 Å². The summed E-state index contributed by atoms with van der Waals surface area (Å²) >= 11 is 11.6. The number of alkyl halides is 1. The van der Waals surface area contributed by atoms with Crippen LogP contribution in [0, 0.1) is 0 Å². The highest BCUT2D eigenvalue weighted by Gasteiger charge is 2.07. The lowest BCUT2D eigenvalue weighted by atomic mass is 10.2. The molecule has 1 aromatic carbocycles. The molecular formula is C11H10Cl2O2. The van der Waals surface area contributed by atoms with Gasteiger partial charge in [0.05, 0.1) is 5.56 Å². The van der Waals surface area contributed by atoms with Crippen molar-refractivity contribution in [1.29, 1.82) is 0 Å². The number of halogens is 2. The summed E-state index contributed by atoms with van der Waals surface area (Å²) in [5.41, 5.74) is -0.201. The number of rotatable bonds is 4. The molecule has 0 radical (unpaired) electrons. The van der Waals surface area contributed by atoms with Crippen molar-refractivity contribution in [3.05, 3.63) is 40.9 Å². The summed E-state index contributed by atoms with van der Waals surface area (Å²) in [7, 11) is 0. The minimum absolute atomic E-state index is 0.387. The Morgan fingerprint density at radius 1 is 1.47 bits per heavy atom. The summed E-state index contributed by atoms with van der Waals surface area (Å²) in [6, 6.07) is 4.79. The number of benzene rings is 1. The van der Waals surface area contributed by atoms with Crippen molar-refractivity contribution in [3.63, 3.8) is 0 Å². The highest BCUT2D eigenvalue weighted by Crippen LogP contribution is 2.23. The van der Waals surface area contributed by atoms with Crippen LogP contribution < -0.4 is 4.74 Å². The van der Waals surface area contributed by atoms with Gasteiger partial charge in [-0.3, -0.25) is 4.79 Å². The average molecular weight is 245 g/mol. The van der Waals surface area contributed by atoms with Gasteiger partial charge in [-0.15, -0.1) is 0 Å². The van der Waals surface area contributed by atoms with E-state index >= 15 is 0 Å². The van der Waals surface area contributed by atoms with E-state index in [-0.39, 0.29) is 0 Å². The van der Waals surface area contributed by atoms with Crippen molar-refractivity contribution < 1.29 is 9.53 Å². The predicted octanol–water partition coefficient (Wildman–Crippen LogP) is 3.67. The number of aldehydes is 1. The average Bonchev–Trinajstić information content (AvgIpc) is 2.21. The van der Waals surface area contributed by atoms with Crippen molar-refractivity contribution in [3.8, 4) is 5.75 Å². The molecule has 0 aliphatic carbocycles. The smallest absolute Gasteiger partial charge is 0.190 e. The third kappa shape index (κ3) is 3.57. The molecule has 0 N–H and O–H groups in total. The van der Waals surface area contributed by atoms with E-state index in [9.17, 15) is 4.79 Å². The largest absolute Gasteiger partial charge is 0.470 e. The van der Waals surface area contributed by atoms with Crippen molar-refractivity contribution >= 4 is 29.5 Å². The first-order valence-corrected chi connectivity index (χ1v) is 5.17. The van der Waals surface area contributed by atoms with Gasteiger partial charge in [-0.2, -0.15) is 0 Å². The second-order valence-corrected chi connectivity index (χ2v) is 3.66. The van der Waals surface area contributed by atoms with E-state index in [4.69, 9.17) is 27.9 Å². The zero-order valence-corrected chi connectivity index (χ0v) is 9.63. The molecule has 0 saturated carbocycles. The van der Waals surface area contributed by atoms with Crippen LogP contribution >= 0.6 is 23.2 Å². The standard InChI is InChI=1S/C11H10Cl2O2/c1-2-3-11(13)15-10-5-4-9(12)6-8(10)7-14/h2-7,11H,1H3/b3-2+. The molecule has 0 bridgehead atoms. The molecule has 4 heteroatoms. The Kier molecular flexibility index (Phi) is 4.66. The lowest BCUT2D eigenvalue weighted by molar-refractivity contribution is 0.111. The normalized spacial score (nSPS) is 12.7. The van der Waals surface area contributed by atoms with E-state index in [1.165, 1.54) is 6.07 Å². The Bertz CT molecular complexity index is 375. The van der Waals surface area contributed by atoms with E-state index in [2.05, 4.69) is 0 Å². The quantitative estimate of drug-likeness (QED) is 0.459. The van der Waals surface area contributed by atoms with Gasteiger partial charge in [0.1, 0.15) is 5.75 Å². The Morgan fingerprint density at radius 3 is 2.80 bits per heavy atom. The first-order valence-electron chi connectivity index (χ1n) is 4.35. The minimum Gasteiger partial charge on any atom is -0.470 e. The van der Waals surface area contributed by atoms with Crippen molar-refractivity contribution in [1.82, 2.24) is 0 Å². The van der Waals surface area contributed by atoms with E-state index in [0.717, 1.165) is 0 Å². The highest BCUT2D eigenvalue weighted by atomic mass is 35.5. The maximum absolute atomic E-state index is 10.7. The number of hydrogen-bond acceptors (Lipinski definition) is 2. The fourth-order valence-electron chi connectivity index (χ4n) is 1.03. The predicted molar refractivity (Wildman–Crippen MR) is 61.9 cm³/mol. The van der Waals surface area contributed by atoms with E-state index in [1.807, 2.05) is 6.92 Å². The molecule has 1 rings (SSSR count). The van der Waals surface area contributed by atoms with Crippen LogP contribution in [0.25, 0.3) is 0 Å². The fraction of sp³-hybridized carbons (Fsp3) is 0.182. The van der Waals surface area contributed by atoms with Crippen LogP contribution in [0.5, 0.6) is 5.75 Å². The maximum atomic E-state index is 10.7. The zero-order valence-electron chi connectivity index (χ0n) is 8.11. The van der Waals surface area contributed by atoms with E-state index < -0.39 is 5.56 Å². The minimum atomic E-state index is -0.588. The molecule has 15 heavy (non-hydrogen) atoms. The summed E-state index contributed by atoms with van der Waals surface area (Å²) in [6.07, 6.45) is 4.12. The molecule has 1 aromatic rings. The Morgan fingerprint density at radius 2 is 2.20 bits per heavy atom. The molecule has 80 valence electrons. The number of carbonyl (C=O) groups is 1. The van der Waals surface area contributed by atoms with Crippen LogP contribution in [-0.2, 0) is 0 Å². The van der Waals surface area contributed by atoms with Gasteiger partial charge >= 0.3 is 0 Å². The van der Waals surface area contributed by atoms with Gasteiger partial charge in [-0.1, -0.05) is 29.3 Å². The van der Waals surface area contributed by atoms with Gasteiger partial charge in [0.15, 0.2) is 11.8 Å². The van der Waals surface area contributed by atoms with E-state index in [1.54, 1.807) is 24.3 Å². The molecule has 0 fully saturated rings.